The van der Waals surface area contributed by atoms with Crippen LogP contribution in [0.3, 0.4) is 0 Å². The Bertz CT molecular complexity index is 621. The summed E-state index contributed by atoms with van der Waals surface area (Å²) in [5, 5.41) is 0. The van der Waals surface area contributed by atoms with Crippen LogP contribution in [0.25, 0.3) is 22.5 Å². The monoisotopic (exact) mass is 247 g/mol. The van der Waals surface area contributed by atoms with Gasteiger partial charge in [-0.3, -0.25) is 4.98 Å². The van der Waals surface area contributed by atoms with Crippen LogP contribution in [0.1, 0.15) is 5.82 Å². The van der Waals surface area contributed by atoms with E-state index >= 15 is 0 Å². The third-order valence-electron chi connectivity index (χ3n) is 2.86. The van der Waals surface area contributed by atoms with Gasteiger partial charge in [0.15, 0.2) is 0 Å². The SMILES string of the molecule is Cc1nc(-c2ccccc2)cc(-c2cccnc2)n1. The smallest absolute Gasteiger partial charge is 0.126 e. The lowest BCUT2D eigenvalue weighted by molar-refractivity contribution is 1.06. The molecule has 0 aliphatic carbocycles. The van der Waals surface area contributed by atoms with Crippen molar-refractivity contribution in [3.8, 4) is 22.5 Å². The Morgan fingerprint density at radius 2 is 1.47 bits per heavy atom. The second-order valence-corrected chi connectivity index (χ2v) is 4.29. The number of aryl methyl sites for hydroxylation is 1. The summed E-state index contributed by atoms with van der Waals surface area (Å²) >= 11 is 0. The molecule has 2 heterocycles. The zero-order chi connectivity index (χ0) is 13.1. The normalized spacial score (nSPS) is 10.4. The third-order valence-corrected chi connectivity index (χ3v) is 2.86. The van der Waals surface area contributed by atoms with Crippen LogP contribution in [0.4, 0.5) is 0 Å². The van der Waals surface area contributed by atoms with Crippen LogP contribution in [0.5, 0.6) is 0 Å². The van der Waals surface area contributed by atoms with Crippen LogP contribution >= 0.6 is 0 Å². The molecule has 0 radical (unpaired) electrons. The first-order valence-electron chi connectivity index (χ1n) is 6.14. The van der Waals surface area contributed by atoms with Gasteiger partial charge in [-0.1, -0.05) is 30.3 Å². The lowest BCUT2D eigenvalue weighted by Crippen LogP contribution is -1.94. The quantitative estimate of drug-likeness (QED) is 0.695. The van der Waals surface area contributed by atoms with Crippen molar-refractivity contribution in [1.82, 2.24) is 15.0 Å². The molecule has 0 bridgehead atoms. The molecular formula is C16H13N3. The first-order chi connectivity index (χ1) is 9.33. The summed E-state index contributed by atoms with van der Waals surface area (Å²) in [7, 11) is 0. The van der Waals surface area contributed by atoms with Crippen molar-refractivity contribution in [1.29, 1.82) is 0 Å². The van der Waals surface area contributed by atoms with Gasteiger partial charge in [0, 0.05) is 23.5 Å². The molecule has 0 N–H and O–H groups in total. The van der Waals surface area contributed by atoms with Crippen molar-refractivity contribution in [2.45, 2.75) is 6.92 Å². The number of benzene rings is 1. The summed E-state index contributed by atoms with van der Waals surface area (Å²) in [6.45, 7) is 1.91. The van der Waals surface area contributed by atoms with E-state index in [1.807, 2.05) is 49.5 Å². The minimum Gasteiger partial charge on any atom is -0.264 e. The Balaban J connectivity index is 2.12. The molecule has 0 saturated heterocycles. The number of pyridine rings is 1. The number of nitrogens with zero attached hydrogens (tertiary/aromatic N) is 3. The second-order valence-electron chi connectivity index (χ2n) is 4.29. The number of rotatable bonds is 2. The number of aromatic nitrogens is 3. The molecular weight excluding hydrogens is 234 g/mol. The van der Waals surface area contributed by atoms with E-state index in [9.17, 15) is 0 Å². The van der Waals surface area contributed by atoms with Gasteiger partial charge >= 0.3 is 0 Å². The zero-order valence-corrected chi connectivity index (χ0v) is 10.6. The molecule has 0 fully saturated rings. The predicted molar refractivity (Wildman–Crippen MR) is 75.4 cm³/mol. The Morgan fingerprint density at radius 1 is 0.789 bits per heavy atom. The molecule has 0 spiro atoms. The standard InChI is InChI=1S/C16H13N3/c1-12-18-15(13-6-3-2-4-7-13)10-16(19-12)14-8-5-9-17-11-14/h2-11H,1H3. The average Bonchev–Trinajstić information content (AvgIpc) is 2.48. The molecule has 0 aliphatic rings. The molecule has 3 rings (SSSR count). The molecule has 2 aromatic heterocycles. The van der Waals surface area contributed by atoms with Crippen LogP contribution in [0.2, 0.25) is 0 Å². The van der Waals surface area contributed by atoms with Crippen molar-refractivity contribution >= 4 is 0 Å². The van der Waals surface area contributed by atoms with E-state index < -0.39 is 0 Å². The maximum atomic E-state index is 4.50. The summed E-state index contributed by atoms with van der Waals surface area (Å²) in [5.74, 6) is 0.764. The Morgan fingerprint density at radius 3 is 2.16 bits per heavy atom. The molecule has 3 aromatic rings. The van der Waals surface area contributed by atoms with E-state index in [0.717, 1.165) is 28.3 Å². The van der Waals surface area contributed by atoms with E-state index in [2.05, 4.69) is 27.1 Å². The van der Waals surface area contributed by atoms with Crippen LogP contribution in [-0.4, -0.2) is 15.0 Å². The molecule has 92 valence electrons. The van der Waals surface area contributed by atoms with Crippen molar-refractivity contribution in [2.75, 3.05) is 0 Å². The Kier molecular flexibility index (Phi) is 3.02. The minimum absolute atomic E-state index is 0.764. The highest BCUT2D eigenvalue weighted by Gasteiger charge is 2.06. The topological polar surface area (TPSA) is 38.7 Å². The van der Waals surface area contributed by atoms with Crippen LogP contribution in [0.15, 0.2) is 60.9 Å². The van der Waals surface area contributed by atoms with E-state index in [-0.39, 0.29) is 0 Å². The molecule has 1 aromatic carbocycles. The van der Waals surface area contributed by atoms with Gasteiger partial charge in [0.05, 0.1) is 11.4 Å². The molecule has 0 amide bonds. The first-order valence-corrected chi connectivity index (χ1v) is 6.14. The van der Waals surface area contributed by atoms with Gasteiger partial charge in [-0.15, -0.1) is 0 Å². The fraction of sp³-hybridized carbons (Fsp3) is 0.0625. The van der Waals surface area contributed by atoms with E-state index in [0.29, 0.717) is 0 Å². The molecule has 0 unspecified atom stereocenters. The molecule has 19 heavy (non-hydrogen) atoms. The van der Waals surface area contributed by atoms with E-state index in [1.54, 1.807) is 6.20 Å². The first kappa shape index (κ1) is 11.5. The summed E-state index contributed by atoms with van der Waals surface area (Å²) < 4.78 is 0. The minimum atomic E-state index is 0.764. The summed E-state index contributed by atoms with van der Waals surface area (Å²) in [6.07, 6.45) is 3.58. The largest absolute Gasteiger partial charge is 0.264 e. The molecule has 0 aliphatic heterocycles. The molecule has 0 saturated carbocycles. The van der Waals surface area contributed by atoms with Crippen molar-refractivity contribution in [3.63, 3.8) is 0 Å². The average molecular weight is 247 g/mol. The zero-order valence-electron chi connectivity index (χ0n) is 10.6. The predicted octanol–water partition coefficient (Wildman–Crippen LogP) is 3.51. The van der Waals surface area contributed by atoms with Gasteiger partial charge < -0.3 is 0 Å². The highest BCUT2D eigenvalue weighted by molar-refractivity contribution is 5.67. The number of hydrogen-bond acceptors (Lipinski definition) is 3. The number of hydrogen-bond donors (Lipinski definition) is 0. The summed E-state index contributed by atoms with van der Waals surface area (Å²) in [6, 6.07) is 16.0. The Labute approximate surface area is 112 Å². The highest BCUT2D eigenvalue weighted by atomic mass is 14.9. The maximum Gasteiger partial charge on any atom is 0.126 e. The van der Waals surface area contributed by atoms with Gasteiger partial charge in [0.1, 0.15) is 5.82 Å². The van der Waals surface area contributed by atoms with E-state index in [1.165, 1.54) is 0 Å². The molecule has 0 atom stereocenters. The Hall–Kier alpha value is -2.55. The summed E-state index contributed by atoms with van der Waals surface area (Å²) in [5.41, 5.74) is 3.94. The fourth-order valence-corrected chi connectivity index (χ4v) is 1.99. The highest BCUT2D eigenvalue weighted by Crippen LogP contribution is 2.22. The van der Waals surface area contributed by atoms with Crippen molar-refractivity contribution in [3.05, 3.63) is 66.7 Å². The van der Waals surface area contributed by atoms with Gasteiger partial charge in [-0.05, 0) is 25.1 Å². The van der Waals surface area contributed by atoms with Crippen molar-refractivity contribution in [2.24, 2.45) is 0 Å². The van der Waals surface area contributed by atoms with Crippen molar-refractivity contribution < 1.29 is 0 Å². The lowest BCUT2D eigenvalue weighted by Gasteiger charge is -2.06. The van der Waals surface area contributed by atoms with Crippen LogP contribution in [-0.2, 0) is 0 Å². The third kappa shape index (κ3) is 2.50. The van der Waals surface area contributed by atoms with Crippen LogP contribution in [0, 0.1) is 6.92 Å². The fourth-order valence-electron chi connectivity index (χ4n) is 1.99. The second kappa shape index (κ2) is 4.98. The van der Waals surface area contributed by atoms with Gasteiger partial charge in [0.25, 0.3) is 0 Å². The maximum absolute atomic E-state index is 4.50. The van der Waals surface area contributed by atoms with E-state index in [4.69, 9.17) is 0 Å². The molecule has 3 heteroatoms. The summed E-state index contributed by atoms with van der Waals surface area (Å²) in [4.78, 5) is 13.1. The van der Waals surface area contributed by atoms with Gasteiger partial charge in [-0.2, -0.15) is 0 Å². The molecule has 3 nitrogen and oxygen atoms in total. The van der Waals surface area contributed by atoms with Gasteiger partial charge in [-0.25, -0.2) is 9.97 Å². The van der Waals surface area contributed by atoms with Gasteiger partial charge in [0.2, 0.25) is 0 Å². The van der Waals surface area contributed by atoms with Crippen LogP contribution < -0.4 is 0 Å². The lowest BCUT2D eigenvalue weighted by atomic mass is 10.1.